The van der Waals surface area contributed by atoms with Crippen molar-refractivity contribution in [1.82, 2.24) is 18.7 Å². The molecule has 4 rings (SSSR count). The van der Waals surface area contributed by atoms with Crippen molar-refractivity contribution in [2.24, 2.45) is 7.05 Å². The van der Waals surface area contributed by atoms with Crippen molar-refractivity contribution in [2.45, 2.75) is 33.0 Å². The summed E-state index contributed by atoms with van der Waals surface area (Å²) in [6, 6.07) is 7.93. The Hall–Kier alpha value is -3.03. The summed E-state index contributed by atoms with van der Waals surface area (Å²) >= 11 is 0. The van der Waals surface area contributed by atoms with Crippen molar-refractivity contribution < 1.29 is 4.74 Å². The van der Waals surface area contributed by atoms with E-state index in [9.17, 15) is 9.59 Å². The molecule has 8 nitrogen and oxygen atoms in total. The van der Waals surface area contributed by atoms with Gasteiger partial charge in [-0.05, 0) is 31.0 Å². The quantitative estimate of drug-likeness (QED) is 0.694. The van der Waals surface area contributed by atoms with Crippen LogP contribution in [0.4, 0.5) is 5.95 Å². The van der Waals surface area contributed by atoms with Gasteiger partial charge >= 0.3 is 5.69 Å². The van der Waals surface area contributed by atoms with Gasteiger partial charge in [0.15, 0.2) is 11.2 Å². The molecule has 0 saturated carbocycles. The molecular formula is C19H23N5O3. The van der Waals surface area contributed by atoms with E-state index in [1.165, 1.54) is 9.13 Å². The second-order valence-electron chi connectivity index (χ2n) is 6.75. The van der Waals surface area contributed by atoms with Crippen molar-refractivity contribution in [1.29, 1.82) is 0 Å². The van der Waals surface area contributed by atoms with Gasteiger partial charge < -0.3 is 14.2 Å². The van der Waals surface area contributed by atoms with Crippen LogP contribution < -0.4 is 20.9 Å². The lowest BCUT2D eigenvalue weighted by Crippen LogP contribution is -2.39. The van der Waals surface area contributed by atoms with Gasteiger partial charge in [0.1, 0.15) is 5.75 Å². The maximum Gasteiger partial charge on any atom is 0.332 e. The number of aromatic nitrogens is 4. The van der Waals surface area contributed by atoms with E-state index in [4.69, 9.17) is 4.74 Å². The highest BCUT2D eigenvalue weighted by Gasteiger charge is 2.25. The first-order chi connectivity index (χ1) is 13.0. The van der Waals surface area contributed by atoms with E-state index in [1.54, 1.807) is 21.1 Å². The number of benzene rings is 1. The largest absolute Gasteiger partial charge is 0.497 e. The van der Waals surface area contributed by atoms with Gasteiger partial charge in [-0.1, -0.05) is 12.1 Å². The summed E-state index contributed by atoms with van der Waals surface area (Å²) in [6.07, 6.45) is 0.920. The summed E-state index contributed by atoms with van der Waals surface area (Å²) in [5, 5.41) is 0. The van der Waals surface area contributed by atoms with Crippen molar-refractivity contribution in [3.8, 4) is 5.75 Å². The second-order valence-corrected chi connectivity index (χ2v) is 6.75. The third-order valence-electron chi connectivity index (χ3n) is 5.15. The highest BCUT2D eigenvalue weighted by molar-refractivity contribution is 5.75. The fraction of sp³-hybridized carbons (Fsp3) is 0.421. The molecular weight excluding hydrogens is 346 g/mol. The molecule has 27 heavy (non-hydrogen) atoms. The Kier molecular flexibility index (Phi) is 4.25. The minimum atomic E-state index is -0.327. The van der Waals surface area contributed by atoms with Gasteiger partial charge in [-0.3, -0.25) is 13.9 Å². The first-order valence-corrected chi connectivity index (χ1v) is 9.13. The Morgan fingerprint density at radius 3 is 2.56 bits per heavy atom. The van der Waals surface area contributed by atoms with Gasteiger partial charge in [0.25, 0.3) is 5.56 Å². The van der Waals surface area contributed by atoms with E-state index < -0.39 is 0 Å². The summed E-state index contributed by atoms with van der Waals surface area (Å²) < 4.78 is 9.90. The zero-order valence-corrected chi connectivity index (χ0v) is 15.8. The van der Waals surface area contributed by atoms with Crippen LogP contribution in [0.5, 0.6) is 5.75 Å². The SMILES string of the molecule is CCn1c(=O)c2c(nc3n2CCCN3Cc2ccc(OC)cc2)n(C)c1=O. The second kappa shape index (κ2) is 6.61. The number of nitrogens with zero attached hydrogens (tertiary/aromatic N) is 5. The van der Waals surface area contributed by atoms with Crippen LogP contribution in [-0.4, -0.2) is 32.3 Å². The summed E-state index contributed by atoms with van der Waals surface area (Å²) in [5.41, 5.74) is 1.50. The molecule has 0 amide bonds. The fourth-order valence-corrected chi connectivity index (χ4v) is 3.71. The molecule has 0 atom stereocenters. The molecule has 0 fully saturated rings. The molecule has 0 aliphatic carbocycles. The Balaban J connectivity index is 1.82. The molecule has 0 bridgehead atoms. The molecule has 8 heteroatoms. The third kappa shape index (κ3) is 2.72. The van der Waals surface area contributed by atoms with Gasteiger partial charge in [-0.25, -0.2) is 4.79 Å². The number of fused-ring (bicyclic) bond motifs is 3. The third-order valence-corrected chi connectivity index (χ3v) is 5.15. The van der Waals surface area contributed by atoms with Gasteiger partial charge in [-0.2, -0.15) is 4.98 Å². The van der Waals surface area contributed by atoms with Gasteiger partial charge in [0.05, 0.1) is 7.11 Å². The number of rotatable bonds is 4. The monoisotopic (exact) mass is 369 g/mol. The molecule has 2 aromatic heterocycles. The van der Waals surface area contributed by atoms with Crippen LogP contribution >= 0.6 is 0 Å². The van der Waals surface area contributed by atoms with Crippen LogP contribution in [0.1, 0.15) is 18.9 Å². The van der Waals surface area contributed by atoms with Crippen LogP contribution in [-0.2, 0) is 26.7 Å². The zero-order valence-electron chi connectivity index (χ0n) is 15.8. The number of hydrogen-bond donors (Lipinski definition) is 0. The average molecular weight is 369 g/mol. The molecule has 3 aromatic rings. The lowest BCUT2D eigenvalue weighted by Gasteiger charge is -2.29. The number of anilines is 1. The molecule has 0 saturated heterocycles. The summed E-state index contributed by atoms with van der Waals surface area (Å²) in [6.45, 7) is 4.41. The number of aryl methyl sites for hydroxylation is 2. The molecule has 0 unspecified atom stereocenters. The maximum atomic E-state index is 12.9. The van der Waals surface area contributed by atoms with Gasteiger partial charge in [-0.15, -0.1) is 0 Å². The molecule has 0 spiro atoms. The summed E-state index contributed by atoms with van der Waals surface area (Å²) in [5.74, 6) is 1.56. The summed E-state index contributed by atoms with van der Waals surface area (Å²) in [7, 11) is 3.32. The Labute approximate surface area is 156 Å². The Bertz CT molecular complexity index is 1110. The molecule has 1 aliphatic rings. The number of imidazole rings is 1. The molecule has 1 aliphatic heterocycles. The van der Waals surface area contributed by atoms with Crippen LogP contribution in [0, 0.1) is 0 Å². The normalized spacial score (nSPS) is 13.8. The van der Waals surface area contributed by atoms with E-state index in [2.05, 4.69) is 9.88 Å². The minimum Gasteiger partial charge on any atom is -0.497 e. The van der Waals surface area contributed by atoms with Crippen molar-refractivity contribution in [3.63, 3.8) is 0 Å². The highest BCUT2D eigenvalue weighted by Crippen LogP contribution is 2.26. The lowest BCUT2D eigenvalue weighted by molar-refractivity contribution is 0.414. The zero-order chi connectivity index (χ0) is 19.1. The highest BCUT2D eigenvalue weighted by atomic mass is 16.5. The van der Waals surface area contributed by atoms with Crippen molar-refractivity contribution in [3.05, 3.63) is 50.7 Å². The molecule has 0 N–H and O–H groups in total. The Morgan fingerprint density at radius 2 is 1.89 bits per heavy atom. The van der Waals surface area contributed by atoms with E-state index in [-0.39, 0.29) is 11.2 Å². The number of methoxy groups -OCH3 is 1. The topological polar surface area (TPSA) is 74.3 Å². The van der Waals surface area contributed by atoms with Crippen LogP contribution in [0.2, 0.25) is 0 Å². The van der Waals surface area contributed by atoms with Gasteiger partial charge in [0.2, 0.25) is 5.95 Å². The Morgan fingerprint density at radius 1 is 1.15 bits per heavy atom. The first-order valence-electron chi connectivity index (χ1n) is 9.13. The van der Waals surface area contributed by atoms with Crippen LogP contribution in [0.15, 0.2) is 33.9 Å². The predicted octanol–water partition coefficient (Wildman–Crippen LogP) is 1.34. The van der Waals surface area contributed by atoms with Crippen LogP contribution in [0.3, 0.4) is 0 Å². The average Bonchev–Trinajstić information content (AvgIpc) is 3.08. The standard InChI is InChI=1S/C19H23N5O3/c1-4-23-17(25)15-16(21(2)19(23)26)20-18-22(10-5-11-24(15)18)12-13-6-8-14(27-3)9-7-13/h6-9H,4-5,10-12H2,1-3H3. The molecule has 0 radical (unpaired) electrons. The number of ether oxygens (including phenoxy) is 1. The smallest absolute Gasteiger partial charge is 0.332 e. The van der Waals surface area contributed by atoms with E-state index in [0.717, 1.165) is 36.8 Å². The van der Waals surface area contributed by atoms with Gasteiger partial charge in [0, 0.05) is 33.2 Å². The molecule has 3 heterocycles. The van der Waals surface area contributed by atoms with Crippen molar-refractivity contribution >= 4 is 17.1 Å². The first kappa shape index (κ1) is 17.4. The number of hydrogen-bond acceptors (Lipinski definition) is 5. The van der Waals surface area contributed by atoms with Crippen LogP contribution in [0.25, 0.3) is 11.2 Å². The maximum absolute atomic E-state index is 12.9. The van der Waals surface area contributed by atoms with E-state index >= 15 is 0 Å². The minimum absolute atomic E-state index is 0.263. The lowest BCUT2D eigenvalue weighted by atomic mass is 10.2. The van der Waals surface area contributed by atoms with Crippen molar-refractivity contribution in [2.75, 3.05) is 18.6 Å². The molecule has 142 valence electrons. The molecule has 1 aromatic carbocycles. The fourth-order valence-electron chi connectivity index (χ4n) is 3.71. The predicted molar refractivity (Wildman–Crippen MR) is 104 cm³/mol. The summed E-state index contributed by atoms with van der Waals surface area (Å²) in [4.78, 5) is 32.1. The van der Waals surface area contributed by atoms with E-state index in [1.807, 2.05) is 28.8 Å². The van der Waals surface area contributed by atoms with E-state index in [0.29, 0.717) is 24.3 Å².